The quantitative estimate of drug-likeness (QED) is 0.543. The molecule has 0 radical (unpaired) electrons. The molecule has 0 aliphatic heterocycles. The summed E-state index contributed by atoms with van der Waals surface area (Å²) in [4.78, 5) is 9.92. The van der Waals surface area contributed by atoms with E-state index in [1.165, 1.54) is 0 Å². The highest BCUT2D eigenvalue weighted by atomic mass is 79.9. The van der Waals surface area contributed by atoms with E-state index in [4.69, 9.17) is 5.84 Å². The summed E-state index contributed by atoms with van der Waals surface area (Å²) in [7, 11) is 1.83. The number of hydrogen-bond acceptors (Lipinski definition) is 6. The van der Waals surface area contributed by atoms with Crippen molar-refractivity contribution in [3.05, 3.63) is 10.7 Å². The van der Waals surface area contributed by atoms with Crippen molar-refractivity contribution in [2.45, 2.75) is 13.0 Å². The molecule has 84 valence electrons. The van der Waals surface area contributed by atoms with Crippen molar-refractivity contribution >= 4 is 27.7 Å². The van der Waals surface area contributed by atoms with Crippen molar-refractivity contribution < 1.29 is 5.11 Å². The molecule has 1 unspecified atom stereocenters. The molecular weight excluding hydrogens is 262 g/mol. The molecule has 0 saturated heterocycles. The lowest BCUT2D eigenvalue weighted by Gasteiger charge is -2.21. The van der Waals surface area contributed by atoms with Gasteiger partial charge in [-0.15, -0.1) is 0 Å². The second-order valence-corrected chi connectivity index (χ2v) is 4.09. The van der Waals surface area contributed by atoms with E-state index in [9.17, 15) is 5.11 Å². The molecule has 0 aliphatic rings. The number of nitrogens with one attached hydrogen (secondary N) is 1. The maximum Gasteiger partial charge on any atom is 0.239 e. The smallest absolute Gasteiger partial charge is 0.239 e. The van der Waals surface area contributed by atoms with Gasteiger partial charge in [-0.1, -0.05) is 0 Å². The number of aliphatic hydroxyl groups is 1. The zero-order valence-corrected chi connectivity index (χ0v) is 10.2. The number of halogens is 1. The predicted octanol–water partition coefficient (Wildman–Crippen LogP) is 0.342. The molecule has 1 aromatic rings. The maximum absolute atomic E-state index is 9.26. The van der Waals surface area contributed by atoms with Gasteiger partial charge in [0.05, 0.1) is 10.6 Å². The second kappa shape index (κ2) is 5.24. The Balaban J connectivity index is 2.91. The van der Waals surface area contributed by atoms with Gasteiger partial charge in [-0.3, -0.25) is 5.43 Å². The Bertz CT molecular complexity index is 333. The third kappa shape index (κ3) is 3.29. The van der Waals surface area contributed by atoms with E-state index in [0.717, 1.165) is 4.47 Å². The summed E-state index contributed by atoms with van der Waals surface area (Å²) in [6.07, 6.45) is 1.18. The summed E-state index contributed by atoms with van der Waals surface area (Å²) in [6.45, 7) is 2.20. The number of nitrogens with zero attached hydrogens (tertiary/aromatic N) is 3. The number of nitrogen functional groups attached to an aromatic ring is 1. The maximum atomic E-state index is 9.26. The van der Waals surface area contributed by atoms with Gasteiger partial charge in [0, 0.05) is 19.8 Å². The predicted molar refractivity (Wildman–Crippen MR) is 62.5 cm³/mol. The van der Waals surface area contributed by atoms with Crippen molar-refractivity contribution in [1.29, 1.82) is 0 Å². The lowest BCUT2D eigenvalue weighted by molar-refractivity contribution is 0.201. The third-order valence-corrected chi connectivity index (χ3v) is 2.31. The molecule has 0 spiro atoms. The highest BCUT2D eigenvalue weighted by molar-refractivity contribution is 9.10. The van der Waals surface area contributed by atoms with E-state index in [0.29, 0.717) is 18.3 Å². The van der Waals surface area contributed by atoms with E-state index in [1.807, 2.05) is 11.9 Å². The van der Waals surface area contributed by atoms with Crippen molar-refractivity contribution in [2.24, 2.45) is 5.84 Å². The van der Waals surface area contributed by atoms with Crippen molar-refractivity contribution in [1.82, 2.24) is 9.97 Å². The average molecular weight is 276 g/mol. The molecule has 1 heterocycles. The average Bonchev–Trinajstić information content (AvgIpc) is 2.17. The van der Waals surface area contributed by atoms with Gasteiger partial charge < -0.3 is 10.0 Å². The van der Waals surface area contributed by atoms with Gasteiger partial charge in [0.1, 0.15) is 5.82 Å². The molecule has 1 atom stereocenters. The van der Waals surface area contributed by atoms with Gasteiger partial charge in [0.2, 0.25) is 5.95 Å². The first-order valence-electron chi connectivity index (χ1n) is 4.43. The zero-order valence-electron chi connectivity index (χ0n) is 8.61. The Kier molecular flexibility index (Phi) is 4.25. The van der Waals surface area contributed by atoms with Crippen molar-refractivity contribution in [2.75, 3.05) is 23.9 Å². The van der Waals surface area contributed by atoms with E-state index < -0.39 is 6.10 Å². The van der Waals surface area contributed by atoms with Gasteiger partial charge in [-0.25, -0.2) is 10.8 Å². The SMILES string of the molecule is CC(O)CN(C)c1nc(NN)ncc1Br. The molecule has 0 amide bonds. The van der Waals surface area contributed by atoms with Crippen LogP contribution >= 0.6 is 15.9 Å². The van der Waals surface area contributed by atoms with Crippen LogP contribution in [0.25, 0.3) is 0 Å². The van der Waals surface area contributed by atoms with Crippen LogP contribution in [0.15, 0.2) is 10.7 Å². The number of rotatable bonds is 4. The number of hydrogen-bond donors (Lipinski definition) is 3. The largest absolute Gasteiger partial charge is 0.392 e. The number of aliphatic hydroxyl groups excluding tert-OH is 1. The minimum Gasteiger partial charge on any atom is -0.392 e. The molecule has 4 N–H and O–H groups in total. The van der Waals surface area contributed by atoms with Gasteiger partial charge in [-0.2, -0.15) is 4.98 Å². The van der Waals surface area contributed by atoms with Gasteiger partial charge >= 0.3 is 0 Å². The minimum absolute atomic E-state index is 0.339. The van der Waals surface area contributed by atoms with Gasteiger partial charge in [-0.05, 0) is 22.9 Å². The second-order valence-electron chi connectivity index (χ2n) is 3.24. The Morgan fingerprint density at radius 2 is 2.40 bits per heavy atom. The molecular formula is C8H14BrN5O. The summed E-state index contributed by atoms with van der Waals surface area (Å²) < 4.78 is 0.754. The van der Waals surface area contributed by atoms with Gasteiger partial charge in [0.25, 0.3) is 0 Å². The number of anilines is 2. The standard InChI is InChI=1S/C8H14BrN5O/c1-5(15)4-14(2)7-6(9)3-11-8(12-7)13-10/h3,5,15H,4,10H2,1-2H3,(H,11,12,13). The Morgan fingerprint density at radius 3 is 2.93 bits per heavy atom. The molecule has 7 heteroatoms. The van der Waals surface area contributed by atoms with E-state index in [-0.39, 0.29) is 0 Å². The topological polar surface area (TPSA) is 87.3 Å². The first-order chi connectivity index (χ1) is 7.04. The molecule has 6 nitrogen and oxygen atoms in total. The van der Waals surface area contributed by atoms with E-state index in [1.54, 1.807) is 13.1 Å². The number of hydrazine groups is 1. The summed E-state index contributed by atoms with van der Waals surface area (Å²) in [5.41, 5.74) is 2.37. The number of nitrogens with two attached hydrogens (primary N) is 1. The van der Waals surface area contributed by atoms with Gasteiger partial charge in [0.15, 0.2) is 0 Å². The molecule has 1 aromatic heterocycles. The molecule has 15 heavy (non-hydrogen) atoms. The zero-order chi connectivity index (χ0) is 11.4. The van der Waals surface area contributed by atoms with Crippen LogP contribution in [0.1, 0.15) is 6.92 Å². The Labute approximate surface area is 96.6 Å². The Hall–Kier alpha value is -0.920. The van der Waals surface area contributed by atoms with Crippen LogP contribution in [0.3, 0.4) is 0 Å². The fraction of sp³-hybridized carbons (Fsp3) is 0.500. The minimum atomic E-state index is -0.425. The molecule has 0 saturated carbocycles. The van der Waals surface area contributed by atoms with Crippen molar-refractivity contribution in [3.8, 4) is 0 Å². The summed E-state index contributed by atoms with van der Waals surface area (Å²) in [5, 5.41) is 9.26. The molecule has 0 aliphatic carbocycles. The first kappa shape index (κ1) is 12.2. The van der Waals surface area contributed by atoms with Crippen LogP contribution < -0.4 is 16.2 Å². The lowest BCUT2D eigenvalue weighted by atomic mass is 10.4. The monoisotopic (exact) mass is 275 g/mol. The van der Waals surface area contributed by atoms with Crippen molar-refractivity contribution in [3.63, 3.8) is 0 Å². The summed E-state index contributed by atoms with van der Waals surface area (Å²) in [5.74, 6) is 6.23. The lowest BCUT2D eigenvalue weighted by Crippen LogP contribution is -2.28. The summed E-state index contributed by atoms with van der Waals surface area (Å²) in [6, 6.07) is 0. The molecule has 0 aromatic carbocycles. The highest BCUT2D eigenvalue weighted by Crippen LogP contribution is 2.23. The normalized spacial score (nSPS) is 12.3. The van der Waals surface area contributed by atoms with Crippen LogP contribution in [0.5, 0.6) is 0 Å². The number of likely N-dealkylation sites (N-methyl/N-ethyl adjacent to an activating group) is 1. The summed E-state index contributed by atoms with van der Waals surface area (Å²) >= 11 is 3.33. The van der Waals surface area contributed by atoms with Crippen LogP contribution in [0.2, 0.25) is 0 Å². The highest BCUT2D eigenvalue weighted by Gasteiger charge is 2.11. The van der Waals surface area contributed by atoms with E-state index in [2.05, 4.69) is 31.3 Å². The van der Waals surface area contributed by atoms with Crippen LogP contribution in [-0.4, -0.2) is 34.8 Å². The fourth-order valence-corrected chi connectivity index (χ4v) is 1.67. The van der Waals surface area contributed by atoms with Crippen LogP contribution in [-0.2, 0) is 0 Å². The van der Waals surface area contributed by atoms with Crippen LogP contribution in [0, 0.1) is 0 Å². The van der Waals surface area contributed by atoms with E-state index >= 15 is 0 Å². The molecule has 0 fully saturated rings. The van der Waals surface area contributed by atoms with Crippen LogP contribution in [0.4, 0.5) is 11.8 Å². The molecule has 1 rings (SSSR count). The number of aromatic nitrogens is 2. The third-order valence-electron chi connectivity index (χ3n) is 1.75. The Morgan fingerprint density at radius 1 is 1.73 bits per heavy atom. The first-order valence-corrected chi connectivity index (χ1v) is 5.22. The molecule has 0 bridgehead atoms. The fourth-order valence-electron chi connectivity index (χ4n) is 1.18.